The van der Waals surface area contributed by atoms with Crippen molar-refractivity contribution in [2.75, 3.05) is 5.32 Å². The van der Waals surface area contributed by atoms with E-state index in [9.17, 15) is 19.6 Å². The Morgan fingerprint density at radius 3 is 2.24 bits per heavy atom. The van der Waals surface area contributed by atoms with E-state index in [1.165, 1.54) is 62.8 Å². The summed E-state index contributed by atoms with van der Waals surface area (Å²) in [6.45, 7) is 1.48. The number of rotatable bonds is 6. The zero-order chi connectivity index (χ0) is 25.9. The van der Waals surface area contributed by atoms with E-state index in [-0.39, 0.29) is 11.3 Å². The van der Waals surface area contributed by atoms with Gasteiger partial charge < -0.3 is 10.4 Å². The van der Waals surface area contributed by atoms with E-state index in [1.807, 2.05) is 24.3 Å². The van der Waals surface area contributed by atoms with Gasteiger partial charge in [-0.05, 0) is 60.6 Å². The number of nitrogens with zero attached hydrogens (tertiary/aromatic N) is 2. The highest BCUT2D eigenvalue weighted by molar-refractivity contribution is 5.99. The summed E-state index contributed by atoms with van der Waals surface area (Å²) < 4.78 is 14.1. The van der Waals surface area contributed by atoms with Crippen LogP contribution < -0.4 is 5.32 Å². The lowest BCUT2D eigenvalue weighted by Crippen LogP contribution is -2.26. The molecule has 186 valence electrons. The van der Waals surface area contributed by atoms with Crippen molar-refractivity contribution < 1.29 is 14.3 Å². The summed E-state index contributed by atoms with van der Waals surface area (Å²) in [5.74, 6) is -0.907. The Balaban J connectivity index is 1.51. The molecule has 3 aromatic carbocycles. The number of aliphatic carboxylic acids is 1. The Kier molecular flexibility index (Phi) is 6.87. The molecular weight excluding hydrogens is 465 g/mol. The predicted octanol–water partition coefficient (Wildman–Crippen LogP) is 7.51. The minimum atomic E-state index is -1.08. The molecule has 1 aliphatic rings. The first-order valence-electron chi connectivity index (χ1n) is 12.7. The number of fused-ring (bicyclic) bond motifs is 1. The molecule has 1 aromatic heterocycles. The number of aromatic nitrogens is 1. The SMILES string of the molecule is CC(Nc1c(C#N)c(-c2ccc(-c3ccc(C4CCCCC4)cc3)cc2)nc2ccc(F)cc12)C(=O)O. The summed E-state index contributed by atoms with van der Waals surface area (Å²) in [4.78, 5) is 16.2. The van der Waals surface area contributed by atoms with Crippen LogP contribution in [0.25, 0.3) is 33.3 Å². The van der Waals surface area contributed by atoms with Gasteiger partial charge in [0.15, 0.2) is 0 Å². The van der Waals surface area contributed by atoms with Gasteiger partial charge in [0.2, 0.25) is 0 Å². The first-order chi connectivity index (χ1) is 17.9. The molecule has 5 nitrogen and oxygen atoms in total. The molecule has 6 heteroatoms. The minimum Gasteiger partial charge on any atom is -0.480 e. The number of nitrogens with one attached hydrogen (secondary N) is 1. The third kappa shape index (κ3) is 5.03. The Morgan fingerprint density at radius 1 is 1.00 bits per heavy atom. The number of nitriles is 1. The molecule has 1 atom stereocenters. The highest BCUT2D eigenvalue weighted by atomic mass is 19.1. The third-order valence-corrected chi connectivity index (χ3v) is 7.27. The zero-order valence-electron chi connectivity index (χ0n) is 20.7. The van der Waals surface area contributed by atoms with Crippen molar-refractivity contribution in [1.82, 2.24) is 4.98 Å². The molecule has 4 aromatic rings. The van der Waals surface area contributed by atoms with Gasteiger partial charge in [-0.15, -0.1) is 0 Å². The van der Waals surface area contributed by atoms with E-state index >= 15 is 0 Å². The molecule has 1 aliphatic carbocycles. The van der Waals surface area contributed by atoms with Gasteiger partial charge in [-0.3, -0.25) is 4.79 Å². The van der Waals surface area contributed by atoms with Crippen LogP contribution >= 0.6 is 0 Å². The highest BCUT2D eigenvalue weighted by Gasteiger charge is 2.21. The average Bonchev–Trinajstić information content (AvgIpc) is 2.93. The van der Waals surface area contributed by atoms with Crippen molar-refractivity contribution in [2.24, 2.45) is 0 Å². The maximum Gasteiger partial charge on any atom is 0.325 e. The van der Waals surface area contributed by atoms with Crippen molar-refractivity contribution in [3.63, 3.8) is 0 Å². The molecule has 0 spiro atoms. The van der Waals surface area contributed by atoms with Crippen LogP contribution in [0, 0.1) is 17.1 Å². The Labute approximate surface area is 215 Å². The number of carboxylic acids is 1. The van der Waals surface area contributed by atoms with Crippen molar-refractivity contribution in [3.05, 3.63) is 83.7 Å². The lowest BCUT2D eigenvalue weighted by atomic mass is 9.83. The Bertz CT molecular complexity index is 1480. The molecule has 37 heavy (non-hydrogen) atoms. The number of benzene rings is 3. The van der Waals surface area contributed by atoms with Crippen LogP contribution in [0.3, 0.4) is 0 Å². The smallest absolute Gasteiger partial charge is 0.325 e. The fourth-order valence-corrected chi connectivity index (χ4v) is 5.19. The number of halogens is 1. The minimum absolute atomic E-state index is 0.177. The number of hydrogen-bond donors (Lipinski definition) is 2. The second-order valence-corrected chi connectivity index (χ2v) is 9.72. The largest absolute Gasteiger partial charge is 0.480 e. The average molecular weight is 494 g/mol. The standard InChI is InChI=1S/C31H28FN3O2/c1-19(31(36)37)34-30-26-17-25(32)15-16-28(26)35-29(27(30)18-33)24-13-11-23(12-14-24)22-9-7-21(8-10-22)20-5-3-2-4-6-20/h7-17,19-20H,2-6H2,1H3,(H,34,35)(H,36,37). The molecule has 0 aliphatic heterocycles. The number of hydrogen-bond acceptors (Lipinski definition) is 4. The number of pyridine rings is 1. The van der Waals surface area contributed by atoms with Crippen LogP contribution in [0.4, 0.5) is 10.1 Å². The first-order valence-corrected chi connectivity index (χ1v) is 12.7. The summed E-state index contributed by atoms with van der Waals surface area (Å²) in [7, 11) is 0. The van der Waals surface area contributed by atoms with Crippen LogP contribution in [-0.2, 0) is 4.79 Å². The molecular formula is C31H28FN3O2. The molecule has 0 saturated heterocycles. The second-order valence-electron chi connectivity index (χ2n) is 9.72. The lowest BCUT2D eigenvalue weighted by molar-refractivity contribution is -0.137. The van der Waals surface area contributed by atoms with Crippen molar-refractivity contribution in [1.29, 1.82) is 5.26 Å². The van der Waals surface area contributed by atoms with Gasteiger partial charge in [-0.2, -0.15) is 5.26 Å². The fraction of sp³-hybridized carbons (Fsp3) is 0.258. The van der Waals surface area contributed by atoms with Crippen LogP contribution in [0.15, 0.2) is 66.7 Å². The third-order valence-electron chi connectivity index (χ3n) is 7.27. The molecule has 1 heterocycles. The normalized spacial score (nSPS) is 14.7. The fourth-order valence-electron chi connectivity index (χ4n) is 5.19. The predicted molar refractivity (Wildman–Crippen MR) is 144 cm³/mol. The number of anilines is 1. The van der Waals surface area contributed by atoms with Gasteiger partial charge in [0, 0.05) is 10.9 Å². The van der Waals surface area contributed by atoms with Gasteiger partial charge in [0.05, 0.1) is 16.9 Å². The summed E-state index contributed by atoms with van der Waals surface area (Å²) in [6, 6.07) is 21.9. The molecule has 0 bridgehead atoms. The first kappa shape index (κ1) is 24.5. The highest BCUT2D eigenvalue weighted by Crippen LogP contribution is 2.36. The van der Waals surface area contributed by atoms with Gasteiger partial charge in [-0.1, -0.05) is 67.8 Å². The van der Waals surface area contributed by atoms with E-state index in [0.717, 1.165) is 16.7 Å². The van der Waals surface area contributed by atoms with E-state index in [4.69, 9.17) is 0 Å². The lowest BCUT2D eigenvalue weighted by Gasteiger charge is -2.22. The van der Waals surface area contributed by atoms with Gasteiger partial charge in [0.25, 0.3) is 0 Å². The maximum atomic E-state index is 14.1. The van der Waals surface area contributed by atoms with Crippen molar-refractivity contribution in [2.45, 2.75) is 51.0 Å². The number of carbonyl (C=O) groups is 1. The van der Waals surface area contributed by atoms with Crippen LogP contribution in [0.1, 0.15) is 56.1 Å². The molecule has 1 saturated carbocycles. The topological polar surface area (TPSA) is 86.0 Å². The summed E-state index contributed by atoms with van der Waals surface area (Å²) in [5, 5.41) is 22.7. The van der Waals surface area contributed by atoms with Crippen LogP contribution in [0.2, 0.25) is 0 Å². The molecule has 1 fully saturated rings. The van der Waals surface area contributed by atoms with E-state index in [0.29, 0.717) is 22.5 Å². The maximum absolute atomic E-state index is 14.1. The Morgan fingerprint density at radius 2 is 1.62 bits per heavy atom. The van der Waals surface area contributed by atoms with Crippen molar-refractivity contribution >= 4 is 22.6 Å². The van der Waals surface area contributed by atoms with E-state index in [1.54, 1.807) is 0 Å². The summed E-state index contributed by atoms with van der Waals surface area (Å²) in [5.41, 5.74) is 5.63. The van der Waals surface area contributed by atoms with E-state index in [2.05, 4.69) is 40.6 Å². The van der Waals surface area contributed by atoms with Crippen LogP contribution in [-0.4, -0.2) is 22.1 Å². The van der Waals surface area contributed by atoms with Gasteiger partial charge in [0.1, 0.15) is 23.5 Å². The molecule has 5 rings (SSSR count). The molecule has 0 amide bonds. The molecule has 0 radical (unpaired) electrons. The quantitative estimate of drug-likeness (QED) is 0.290. The number of carboxylic acid groups (broad SMARTS) is 1. The van der Waals surface area contributed by atoms with Crippen LogP contribution in [0.5, 0.6) is 0 Å². The van der Waals surface area contributed by atoms with E-state index < -0.39 is 17.8 Å². The second kappa shape index (κ2) is 10.4. The molecule has 1 unspecified atom stereocenters. The Hall–Kier alpha value is -4.24. The molecule has 2 N–H and O–H groups in total. The summed E-state index contributed by atoms with van der Waals surface area (Å²) >= 11 is 0. The monoisotopic (exact) mass is 493 g/mol. The van der Waals surface area contributed by atoms with Gasteiger partial charge >= 0.3 is 5.97 Å². The van der Waals surface area contributed by atoms with Gasteiger partial charge in [-0.25, -0.2) is 9.37 Å². The summed E-state index contributed by atoms with van der Waals surface area (Å²) in [6.07, 6.45) is 6.49. The zero-order valence-corrected chi connectivity index (χ0v) is 20.7. The van der Waals surface area contributed by atoms with Crippen molar-refractivity contribution in [3.8, 4) is 28.5 Å².